The van der Waals surface area contributed by atoms with E-state index in [4.69, 9.17) is 16.3 Å². The maximum absolute atomic E-state index is 11.7. The Labute approximate surface area is 79.0 Å². The zero-order valence-electron chi connectivity index (χ0n) is 6.76. The highest BCUT2D eigenvalue weighted by molar-refractivity contribution is 6.32. The van der Waals surface area contributed by atoms with Gasteiger partial charge in [-0.15, -0.1) is 0 Å². The second kappa shape index (κ2) is 4.28. The molecule has 0 spiro atoms. The Balaban J connectivity index is 2.83. The molecule has 0 aliphatic carbocycles. The molecule has 1 aromatic rings. The predicted octanol–water partition coefficient (Wildman–Crippen LogP) is 2.95. The van der Waals surface area contributed by atoms with Gasteiger partial charge >= 0.3 is 6.61 Å². The highest BCUT2D eigenvalue weighted by Gasteiger charge is 2.06. The van der Waals surface area contributed by atoms with Gasteiger partial charge in [-0.05, 0) is 12.1 Å². The Hall–Kier alpha value is -1.03. The Kier molecular flexibility index (Phi) is 3.31. The van der Waals surface area contributed by atoms with Crippen LogP contribution in [0.5, 0.6) is 11.5 Å². The molecule has 0 fully saturated rings. The van der Waals surface area contributed by atoms with Gasteiger partial charge in [-0.25, -0.2) is 0 Å². The van der Waals surface area contributed by atoms with Gasteiger partial charge in [0, 0.05) is 6.07 Å². The average Bonchev–Trinajstić information content (AvgIpc) is 2.03. The summed E-state index contributed by atoms with van der Waals surface area (Å²) >= 11 is 5.66. The van der Waals surface area contributed by atoms with Crippen LogP contribution < -0.4 is 9.47 Å². The molecule has 0 aromatic heterocycles. The third kappa shape index (κ3) is 2.73. The summed E-state index contributed by atoms with van der Waals surface area (Å²) in [6.45, 7) is -2.84. The molecule has 5 heteroatoms. The standard InChI is InChI=1S/C8H7ClF2O2/c1-12-7-3-2-5(4-6(7)9)13-8(10)11/h2-4,8H,1H3. The largest absolute Gasteiger partial charge is 0.495 e. The number of benzene rings is 1. The lowest BCUT2D eigenvalue weighted by molar-refractivity contribution is -0.0498. The number of alkyl halides is 2. The van der Waals surface area contributed by atoms with Gasteiger partial charge in [0.05, 0.1) is 12.1 Å². The molecule has 13 heavy (non-hydrogen) atoms. The molecule has 1 rings (SSSR count). The lowest BCUT2D eigenvalue weighted by atomic mass is 10.3. The Morgan fingerprint density at radius 3 is 2.54 bits per heavy atom. The number of halogens is 3. The number of ether oxygens (including phenoxy) is 2. The summed E-state index contributed by atoms with van der Waals surface area (Å²) in [5, 5.41) is 0.237. The van der Waals surface area contributed by atoms with Gasteiger partial charge < -0.3 is 9.47 Å². The summed E-state index contributed by atoms with van der Waals surface area (Å²) in [7, 11) is 1.44. The van der Waals surface area contributed by atoms with Gasteiger partial charge in [-0.3, -0.25) is 0 Å². The third-order valence-corrected chi connectivity index (χ3v) is 1.64. The molecule has 0 saturated carbocycles. The van der Waals surface area contributed by atoms with Crippen molar-refractivity contribution >= 4 is 11.6 Å². The predicted molar refractivity (Wildman–Crippen MR) is 44.6 cm³/mol. The zero-order chi connectivity index (χ0) is 9.84. The fraction of sp³-hybridized carbons (Fsp3) is 0.250. The smallest absolute Gasteiger partial charge is 0.387 e. The van der Waals surface area contributed by atoms with E-state index in [1.54, 1.807) is 0 Å². The van der Waals surface area contributed by atoms with Crippen molar-refractivity contribution < 1.29 is 18.3 Å². The van der Waals surface area contributed by atoms with Crippen molar-refractivity contribution in [1.29, 1.82) is 0 Å². The van der Waals surface area contributed by atoms with Gasteiger partial charge in [-0.2, -0.15) is 8.78 Å². The number of hydrogen-bond donors (Lipinski definition) is 0. The minimum absolute atomic E-state index is 0.0146. The van der Waals surface area contributed by atoms with Crippen LogP contribution in [0.3, 0.4) is 0 Å². The van der Waals surface area contributed by atoms with Crippen LogP contribution in [0.2, 0.25) is 5.02 Å². The van der Waals surface area contributed by atoms with Gasteiger partial charge in [0.15, 0.2) is 0 Å². The highest BCUT2D eigenvalue weighted by Crippen LogP contribution is 2.28. The van der Waals surface area contributed by atoms with Crippen molar-refractivity contribution in [2.45, 2.75) is 6.61 Å². The van der Waals surface area contributed by atoms with Crippen molar-refractivity contribution in [2.24, 2.45) is 0 Å². The first-order valence-corrected chi connectivity index (χ1v) is 3.79. The Morgan fingerprint density at radius 2 is 2.08 bits per heavy atom. The van der Waals surface area contributed by atoms with E-state index in [0.717, 1.165) is 0 Å². The zero-order valence-corrected chi connectivity index (χ0v) is 7.52. The van der Waals surface area contributed by atoms with E-state index in [1.807, 2.05) is 0 Å². The van der Waals surface area contributed by atoms with E-state index in [0.29, 0.717) is 5.75 Å². The van der Waals surface area contributed by atoms with Crippen LogP contribution in [0.1, 0.15) is 0 Å². The van der Waals surface area contributed by atoms with Crippen LogP contribution in [0, 0.1) is 0 Å². The first-order chi connectivity index (χ1) is 6.13. The lowest BCUT2D eigenvalue weighted by Gasteiger charge is -2.06. The van der Waals surface area contributed by atoms with Crippen LogP contribution in [0.4, 0.5) is 8.78 Å². The van der Waals surface area contributed by atoms with Crippen molar-refractivity contribution in [1.82, 2.24) is 0 Å². The Bertz CT molecular complexity index is 291. The molecule has 0 unspecified atom stereocenters. The summed E-state index contributed by atoms with van der Waals surface area (Å²) in [5.74, 6) is 0.434. The minimum Gasteiger partial charge on any atom is -0.495 e. The highest BCUT2D eigenvalue weighted by atomic mass is 35.5. The van der Waals surface area contributed by atoms with E-state index >= 15 is 0 Å². The number of rotatable bonds is 3. The molecule has 0 N–H and O–H groups in total. The number of hydrogen-bond acceptors (Lipinski definition) is 2. The lowest BCUT2D eigenvalue weighted by Crippen LogP contribution is -2.01. The molecule has 0 amide bonds. The molecule has 0 bridgehead atoms. The third-order valence-electron chi connectivity index (χ3n) is 1.35. The van der Waals surface area contributed by atoms with Crippen molar-refractivity contribution in [2.75, 3.05) is 7.11 Å². The van der Waals surface area contributed by atoms with Crippen LogP contribution in [-0.4, -0.2) is 13.7 Å². The Morgan fingerprint density at radius 1 is 1.38 bits per heavy atom. The van der Waals surface area contributed by atoms with Crippen LogP contribution >= 0.6 is 11.6 Å². The van der Waals surface area contributed by atoms with Crippen molar-refractivity contribution in [3.63, 3.8) is 0 Å². The monoisotopic (exact) mass is 208 g/mol. The van der Waals surface area contributed by atoms with Crippen LogP contribution in [-0.2, 0) is 0 Å². The van der Waals surface area contributed by atoms with Crippen molar-refractivity contribution in [3.05, 3.63) is 23.2 Å². The molecule has 0 atom stereocenters. The van der Waals surface area contributed by atoms with Crippen molar-refractivity contribution in [3.8, 4) is 11.5 Å². The fourth-order valence-corrected chi connectivity index (χ4v) is 1.07. The molecular formula is C8H7ClF2O2. The first-order valence-electron chi connectivity index (χ1n) is 3.42. The molecule has 1 aromatic carbocycles. The summed E-state index contributed by atoms with van der Waals surface area (Å²) in [6, 6.07) is 4.09. The summed E-state index contributed by atoms with van der Waals surface area (Å²) in [5.41, 5.74) is 0. The summed E-state index contributed by atoms with van der Waals surface area (Å²) < 4.78 is 32.4. The van der Waals surface area contributed by atoms with Gasteiger partial charge in [0.1, 0.15) is 11.5 Å². The first kappa shape index (κ1) is 10.1. The molecule has 2 nitrogen and oxygen atoms in total. The topological polar surface area (TPSA) is 18.5 Å². The molecular weight excluding hydrogens is 202 g/mol. The molecule has 0 saturated heterocycles. The quantitative estimate of drug-likeness (QED) is 0.760. The van der Waals surface area contributed by atoms with E-state index in [1.165, 1.54) is 25.3 Å². The summed E-state index contributed by atoms with van der Waals surface area (Å²) in [6.07, 6.45) is 0. The van der Waals surface area contributed by atoms with E-state index in [9.17, 15) is 8.78 Å². The second-order valence-corrected chi connectivity index (χ2v) is 2.58. The van der Waals surface area contributed by atoms with Gasteiger partial charge in [0.25, 0.3) is 0 Å². The number of methoxy groups -OCH3 is 1. The van der Waals surface area contributed by atoms with Crippen LogP contribution in [0.15, 0.2) is 18.2 Å². The normalized spacial score (nSPS) is 10.2. The fourth-order valence-electron chi connectivity index (χ4n) is 0.823. The molecule has 0 aliphatic rings. The van der Waals surface area contributed by atoms with E-state index in [2.05, 4.69) is 4.74 Å². The van der Waals surface area contributed by atoms with Crippen LogP contribution in [0.25, 0.3) is 0 Å². The molecule has 72 valence electrons. The van der Waals surface area contributed by atoms with Gasteiger partial charge in [-0.1, -0.05) is 11.6 Å². The second-order valence-electron chi connectivity index (χ2n) is 2.17. The molecule has 0 heterocycles. The maximum Gasteiger partial charge on any atom is 0.387 e. The average molecular weight is 209 g/mol. The van der Waals surface area contributed by atoms with E-state index < -0.39 is 6.61 Å². The SMILES string of the molecule is COc1ccc(OC(F)F)cc1Cl. The molecule has 0 radical (unpaired) electrons. The summed E-state index contributed by atoms with van der Waals surface area (Å²) in [4.78, 5) is 0. The minimum atomic E-state index is -2.84. The van der Waals surface area contributed by atoms with E-state index in [-0.39, 0.29) is 10.8 Å². The molecule has 0 aliphatic heterocycles. The maximum atomic E-state index is 11.7. The van der Waals surface area contributed by atoms with Gasteiger partial charge in [0.2, 0.25) is 0 Å².